The highest BCUT2D eigenvalue weighted by Gasteiger charge is 2.23. The van der Waals surface area contributed by atoms with Gasteiger partial charge in [-0.05, 0) is 41.9 Å². The molecule has 2 aromatic rings. The average Bonchev–Trinajstić information content (AvgIpc) is 2.49. The molecule has 0 aliphatic carbocycles. The molecule has 0 aliphatic rings. The summed E-state index contributed by atoms with van der Waals surface area (Å²) in [5.41, 5.74) is 0.628. The number of rotatable bonds is 4. The van der Waals surface area contributed by atoms with Crippen LogP contribution in [0.1, 0.15) is 24.2 Å². The molecule has 1 aromatic carbocycles. The summed E-state index contributed by atoms with van der Waals surface area (Å²) in [5.74, 6) is -0.659. The number of hydrogen-bond donors (Lipinski definition) is 0. The molecule has 0 fully saturated rings. The van der Waals surface area contributed by atoms with Gasteiger partial charge in [-0.25, -0.2) is 4.79 Å². The van der Waals surface area contributed by atoms with Crippen molar-refractivity contribution in [3.05, 3.63) is 54.7 Å². The molecular weight excluding hydrogens is 405 g/mol. The van der Waals surface area contributed by atoms with Crippen LogP contribution in [0.25, 0.3) is 11.3 Å². The van der Waals surface area contributed by atoms with Gasteiger partial charge in [0.25, 0.3) is 0 Å². The van der Waals surface area contributed by atoms with Gasteiger partial charge in [0, 0.05) is 18.2 Å². The second kappa shape index (κ2) is 7.51. The SMILES string of the molecule is CCOC(=O)c1c(-c2ccc(Cl)c(Cl)c2)n(CC)c(Br)cc1=O. The lowest BCUT2D eigenvalue weighted by molar-refractivity contribution is 0.0525. The van der Waals surface area contributed by atoms with Crippen LogP contribution in [0.4, 0.5) is 0 Å². The number of esters is 1. The normalized spacial score (nSPS) is 10.7. The number of hydrogen-bond acceptors (Lipinski definition) is 3. The predicted molar refractivity (Wildman–Crippen MR) is 95.5 cm³/mol. The topological polar surface area (TPSA) is 48.3 Å². The highest BCUT2D eigenvalue weighted by Crippen LogP contribution is 2.31. The fourth-order valence-electron chi connectivity index (χ4n) is 2.27. The molecule has 0 bridgehead atoms. The molecule has 0 atom stereocenters. The number of aromatic nitrogens is 1. The molecular formula is C16H14BrCl2NO3. The highest BCUT2D eigenvalue weighted by molar-refractivity contribution is 9.10. The van der Waals surface area contributed by atoms with E-state index in [4.69, 9.17) is 27.9 Å². The Hall–Kier alpha value is -1.30. The van der Waals surface area contributed by atoms with Crippen molar-refractivity contribution in [1.82, 2.24) is 4.57 Å². The first-order valence-electron chi connectivity index (χ1n) is 6.96. The summed E-state index contributed by atoms with van der Waals surface area (Å²) < 4.78 is 7.41. The van der Waals surface area contributed by atoms with E-state index in [1.807, 2.05) is 6.92 Å². The van der Waals surface area contributed by atoms with Crippen LogP contribution >= 0.6 is 39.1 Å². The zero-order chi connectivity index (χ0) is 17.1. The Kier molecular flexibility index (Phi) is 5.89. The molecule has 1 aromatic heterocycles. The maximum absolute atomic E-state index is 12.4. The van der Waals surface area contributed by atoms with Crippen LogP contribution in [0.15, 0.2) is 33.7 Å². The first kappa shape index (κ1) is 18.0. The van der Waals surface area contributed by atoms with Gasteiger partial charge in [0.2, 0.25) is 0 Å². The van der Waals surface area contributed by atoms with Crippen molar-refractivity contribution in [3.8, 4) is 11.3 Å². The first-order chi connectivity index (χ1) is 10.9. The Morgan fingerprint density at radius 2 is 1.91 bits per heavy atom. The van der Waals surface area contributed by atoms with Crippen molar-refractivity contribution in [2.24, 2.45) is 0 Å². The van der Waals surface area contributed by atoms with Gasteiger partial charge in [0.05, 0.1) is 26.9 Å². The largest absolute Gasteiger partial charge is 0.462 e. The molecule has 0 unspecified atom stereocenters. The van der Waals surface area contributed by atoms with Crippen molar-refractivity contribution in [2.45, 2.75) is 20.4 Å². The molecule has 0 amide bonds. The Bertz CT molecular complexity index is 818. The second-order valence-corrected chi connectivity index (χ2v) is 6.28. The Labute approximate surface area is 152 Å². The van der Waals surface area contributed by atoms with Gasteiger partial charge in [0.1, 0.15) is 5.56 Å². The summed E-state index contributed by atoms with van der Waals surface area (Å²) in [6, 6.07) is 6.32. The molecule has 2 rings (SSSR count). The molecule has 0 radical (unpaired) electrons. The molecule has 0 saturated carbocycles. The van der Waals surface area contributed by atoms with E-state index in [1.165, 1.54) is 6.07 Å². The summed E-state index contributed by atoms with van der Waals surface area (Å²) in [4.78, 5) is 24.6. The Balaban J connectivity index is 2.84. The van der Waals surface area contributed by atoms with Crippen LogP contribution < -0.4 is 5.43 Å². The zero-order valence-corrected chi connectivity index (χ0v) is 15.6. The third-order valence-electron chi connectivity index (χ3n) is 3.25. The number of ether oxygens (including phenoxy) is 1. The van der Waals surface area contributed by atoms with Crippen LogP contribution in [-0.4, -0.2) is 17.1 Å². The van der Waals surface area contributed by atoms with E-state index in [1.54, 1.807) is 29.7 Å². The van der Waals surface area contributed by atoms with Crippen LogP contribution in [0.2, 0.25) is 10.0 Å². The standard InChI is InChI=1S/C16H14BrCl2NO3/c1-3-20-13(17)8-12(21)14(16(22)23-4-2)15(20)9-5-6-10(18)11(19)7-9/h5-8H,3-4H2,1-2H3. The summed E-state index contributed by atoms with van der Waals surface area (Å²) >= 11 is 15.4. The van der Waals surface area contributed by atoms with Crippen LogP contribution in [0.5, 0.6) is 0 Å². The molecule has 4 nitrogen and oxygen atoms in total. The number of benzene rings is 1. The van der Waals surface area contributed by atoms with E-state index in [-0.39, 0.29) is 12.2 Å². The number of nitrogens with zero attached hydrogens (tertiary/aromatic N) is 1. The van der Waals surface area contributed by atoms with Crippen LogP contribution in [0, 0.1) is 0 Å². The van der Waals surface area contributed by atoms with Crippen LogP contribution in [-0.2, 0) is 11.3 Å². The quantitative estimate of drug-likeness (QED) is 0.530. The molecule has 7 heteroatoms. The van der Waals surface area contributed by atoms with Gasteiger partial charge >= 0.3 is 5.97 Å². The van der Waals surface area contributed by atoms with E-state index in [9.17, 15) is 9.59 Å². The van der Waals surface area contributed by atoms with Crippen molar-refractivity contribution >= 4 is 45.1 Å². The molecule has 122 valence electrons. The van der Waals surface area contributed by atoms with Crippen LogP contribution in [0.3, 0.4) is 0 Å². The lowest BCUT2D eigenvalue weighted by Gasteiger charge is -2.18. The molecule has 0 aliphatic heterocycles. The molecule has 1 heterocycles. The third-order valence-corrected chi connectivity index (χ3v) is 4.65. The van der Waals surface area contributed by atoms with Gasteiger partial charge in [-0.1, -0.05) is 29.3 Å². The van der Waals surface area contributed by atoms with E-state index < -0.39 is 11.4 Å². The van der Waals surface area contributed by atoms with Gasteiger partial charge in [-0.3, -0.25) is 4.79 Å². The monoisotopic (exact) mass is 417 g/mol. The lowest BCUT2D eigenvalue weighted by atomic mass is 10.0. The van der Waals surface area contributed by atoms with Gasteiger partial charge in [-0.15, -0.1) is 0 Å². The lowest BCUT2D eigenvalue weighted by Crippen LogP contribution is -2.23. The minimum atomic E-state index is -0.659. The maximum Gasteiger partial charge on any atom is 0.344 e. The summed E-state index contributed by atoms with van der Waals surface area (Å²) in [6.45, 7) is 4.32. The third kappa shape index (κ3) is 3.62. The minimum Gasteiger partial charge on any atom is -0.462 e. The summed E-state index contributed by atoms with van der Waals surface area (Å²) in [6.07, 6.45) is 0. The van der Waals surface area contributed by atoms with Crippen molar-refractivity contribution < 1.29 is 9.53 Å². The van der Waals surface area contributed by atoms with Gasteiger partial charge in [0.15, 0.2) is 5.43 Å². The van der Waals surface area contributed by atoms with E-state index in [2.05, 4.69) is 15.9 Å². The predicted octanol–water partition coefficient (Wildman–Crippen LogP) is 4.78. The van der Waals surface area contributed by atoms with Crippen molar-refractivity contribution in [2.75, 3.05) is 6.61 Å². The van der Waals surface area contributed by atoms with Gasteiger partial charge in [-0.2, -0.15) is 0 Å². The highest BCUT2D eigenvalue weighted by atomic mass is 79.9. The molecule has 23 heavy (non-hydrogen) atoms. The summed E-state index contributed by atoms with van der Waals surface area (Å²) in [7, 11) is 0. The van der Waals surface area contributed by atoms with E-state index in [0.29, 0.717) is 32.5 Å². The zero-order valence-electron chi connectivity index (χ0n) is 12.5. The number of carbonyl (C=O) groups excluding carboxylic acids is 1. The molecule has 0 N–H and O–H groups in total. The van der Waals surface area contributed by atoms with Crippen molar-refractivity contribution in [1.29, 1.82) is 0 Å². The smallest absolute Gasteiger partial charge is 0.344 e. The molecule has 0 saturated heterocycles. The minimum absolute atomic E-state index is 0.0183. The van der Waals surface area contributed by atoms with Gasteiger partial charge < -0.3 is 9.30 Å². The van der Waals surface area contributed by atoms with E-state index in [0.717, 1.165) is 0 Å². The second-order valence-electron chi connectivity index (χ2n) is 4.65. The number of carbonyl (C=O) groups is 1. The fourth-order valence-corrected chi connectivity index (χ4v) is 3.20. The average molecular weight is 419 g/mol. The number of pyridine rings is 1. The fraction of sp³-hybridized carbons (Fsp3) is 0.250. The molecule has 0 spiro atoms. The Morgan fingerprint density at radius 3 is 2.48 bits per heavy atom. The van der Waals surface area contributed by atoms with Crippen molar-refractivity contribution in [3.63, 3.8) is 0 Å². The summed E-state index contributed by atoms with van der Waals surface area (Å²) in [5, 5.41) is 0.738. The first-order valence-corrected chi connectivity index (χ1v) is 8.51. The Morgan fingerprint density at radius 1 is 1.22 bits per heavy atom. The maximum atomic E-state index is 12.4. The van der Waals surface area contributed by atoms with E-state index >= 15 is 0 Å². The number of halogens is 3.